The summed E-state index contributed by atoms with van der Waals surface area (Å²) in [5.41, 5.74) is 0.667. The first-order valence-electron chi connectivity index (χ1n) is 7.61. The standard InChI is InChI=1S/C17H26ClN3O2/c1-12(13-7-6-8-14(18)9-13)19-15(22)10-21(5)11-16(23)20-17(2,3)4/h6-9,12H,10-11H2,1-5H3,(H,19,22)(H,20,23)/t12-/m0/s1. The Balaban J connectivity index is 2.45. The fourth-order valence-electron chi connectivity index (χ4n) is 2.15. The molecule has 0 spiro atoms. The number of hydrogen-bond donors (Lipinski definition) is 2. The lowest BCUT2D eigenvalue weighted by molar-refractivity contribution is -0.125. The topological polar surface area (TPSA) is 61.4 Å². The first-order valence-corrected chi connectivity index (χ1v) is 7.99. The zero-order valence-electron chi connectivity index (χ0n) is 14.4. The molecule has 1 rings (SSSR count). The Bertz CT molecular complexity index is 555. The van der Waals surface area contributed by atoms with Crippen LogP contribution in [-0.2, 0) is 9.59 Å². The summed E-state index contributed by atoms with van der Waals surface area (Å²) < 4.78 is 0. The van der Waals surface area contributed by atoms with Crippen LogP contribution < -0.4 is 10.6 Å². The maximum absolute atomic E-state index is 12.1. The van der Waals surface area contributed by atoms with E-state index in [-0.39, 0.29) is 36.5 Å². The zero-order valence-corrected chi connectivity index (χ0v) is 15.2. The number of amides is 2. The molecule has 5 nitrogen and oxygen atoms in total. The third-order valence-corrected chi connectivity index (χ3v) is 3.30. The lowest BCUT2D eigenvalue weighted by atomic mass is 10.1. The molecular weight excluding hydrogens is 314 g/mol. The van der Waals surface area contributed by atoms with Gasteiger partial charge < -0.3 is 10.6 Å². The van der Waals surface area contributed by atoms with Crippen LogP contribution in [0, 0.1) is 0 Å². The molecule has 0 saturated carbocycles. The van der Waals surface area contributed by atoms with Gasteiger partial charge in [-0.15, -0.1) is 0 Å². The molecule has 128 valence electrons. The predicted molar refractivity (Wildman–Crippen MR) is 93.4 cm³/mol. The smallest absolute Gasteiger partial charge is 0.234 e. The van der Waals surface area contributed by atoms with Crippen molar-refractivity contribution >= 4 is 23.4 Å². The quantitative estimate of drug-likeness (QED) is 0.836. The van der Waals surface area contributed by atoms with Gasteiger partial charge in [-0.05, 0) is 52.4 Å². The molecule has 0 fully saturated rings. The van der Waals surface area contributed by atoms with E-state index in [0.29, 0.717) is 5.02 Å². The van der Waals surface area contributed by atoms with Crippen LogP contribution in [0.2, 0.25) is 5.02 Å². The van der Waals surface area contributed by atoms with Gasteiger partial charge in [0.2, 0.25) is 11.8 Å². The molecule has 0 aliphatic rings. The van der Waals surface area contributed by atoms with E-state index in [0.717, 1.165) is 5.56 Å². The SMILES string of the molecule is C[C@H](NC(=O)CN(C)CC(=O)NC(C)(C)C)c1cccc(Cl)c1. The number of nitrogens with zero attached hydrogens (tertiary/aromatic N) is 1. The molecule has 0 aliphatic heterocycles. The summed E-state index contributed by atoms with van der Waals surface area (Å²) in [7, 11) is 1.74. The predicted octanol–water partition coefficient (Wildman–Crippen LogP) is 2.36. The Morgan fingerprint density at radius 3 is 2.39 bits per heavy atom. The van der Waals surface area contributed by atoms with Crippen molar-refractivity contribution in [2.45, 2.75) is 39.3 Å². The van der Waals surface area contributed by atoms with Crippen LogP contribution in [0.3, 0.4) is 0 Å². The number of likely N-dealkylation sites (N-methyl/N-ethyl adjacent to an activating group) is 1. The Morgan fingerprint density at radius 2 is 1.83 bits per heavy atom. The van der Waals surface area contributed by atoms with Crippen LogP contribution in [-0.4, -0.2) is 42.4 Å². The van der Waals surface area contributed by atoms with Crippen molar-refractivity contribution in [3.63, 3.8) is 0 Å². The fourth-order valence-corrected chi connectivity index (χ4v) is 2.35. The van der Waals surface area contributed by atoms with E-state index in [4.69, 9.17) is 11.6 Å². The first kappa shape index (κ1) is 19.5. The molecule has 0 saturated heterocycles. The summed E-state index contributed by atoms with van der Waals surface area (Å²) in [6.45, 7) is 7.99. The van der Waals surface area contributed by atoms with Crippen LogP contribution in [0.25, 0.3) is 0 Å². The third-order valence-electron chi connectivity index (χ3n) is 3.07. The van der Waals surface area contributed by atoms with Crippen molar-refractivity contribution in [3.05, 3.63) is 34.9 Å². The summed E-state index contributed by atoms with van der Waals surface area (Å²) >= 11 is 5.95. The third kappa shape index (κ3) is 8.00. The van der Waals surface area contributed by atoms with Crippen LogP contribution in [0.1, 0.15) is 39.3 Å². The second-order valence-electron chi connectivity index (χ2n) is 6.81. The highest BCUT2D eigenvalue weighted by Gasteiger charge is 2.17. The van der Waals surface area contributed by atoms with E-state index in [1.54, 1.807) is 18.0 Å². The molecule has 0 bridgehead atoms. The molecule has 2 N–H and O–H groups in total. The van der Waals surface area contributed by atoms with E-state index >= 15 is 0 Å². The summed E-state index contributed by atoms with van der Waals surface area (Å²) in [5.74, 6) is -0.237. The highest BCUT2D eigenvalue weighted by molar-refractivity contribution is 6.30. The minimum atomic E-state index is -0.277. The lowest BCUT2D eigenvalue weighted by Gasteiger charge is -2.23. The molecule has 0 unspecified atom stereocenters. The van der Waals surface area contributed by atoms with Crippen LogP contribution in [0.4, 0.5) is 0 Å². The zero-order chi connectivity index (χ0) is 17.6. The van der Waals surface area contributed by atoms with E-state index < -0.39 is 0 Å². The summed E-state index contributed by atoms with van der Waals surface area (Å²) in [6.07, 6.45) is 0. The van der Waals surface area contributed by atoms with Gasteiger partial charge in [0, 0.05) is 10.6 Å². The van der Waals surface area contributed by atoms with Crippen LogP contribution in [0.5, 0.6) is 0 Å². The van der Waals surface area contributed by atoms with Gasteiger partial charge in [-0.25, -0.2) is 0 Å². The van der Waals surface area contributed by atoms with Gasteiger partial charge in [-0.1, -0.05) is 23.7 Å². The molecule has 6 heteroatoms. The van der Waals surface area contributed by atoms with Gasteiger partial charge in [0.05, 0.1) is 19.1 Å². The molecule has 1 aromatic rings. The van der Waals surface area contributed by atoms with Gasteiger partial charge in [-0.3, -0.25) is 14.5 Å². The minimum absolute atomic E-state index is 0.101. The second-order valence-corrected chi connectivity index (χ2v) is 7.25. The van der Waals surface area contributed by atoms with Gasteiger partial charge in [0.1, 0.15) is 0 Å². The highest BCUT2D eigenvalue weighted by atomic mass is 35.5. The van der Waals surface area contributed by atoms with Crippen molar-refractivity contribution in [3.8, 4) is 0 Å². The summed E-state index contributed by atoms with van der Waals surface area (Å²) in [5, 5.41) is 6.41. The molecule has 2 amide bonds. The van der Waals surface area contributed by atoms with E-state index in [1.165, 1.54) is 0 Å². The van der Waals surface area contributed by atoms with Gasteiger partial charge in [-0.2, -0.15) is 0 Å². The largest absolute Gasteiger partial charge is 0.350 e. The monoisotopic (exact) mass is 339 g/mol. The maximum Gasteiger partial charge on any atom is 0.234 e. The van der Waals surface area contributed by atoms with Crippen LogP contribution in [0.15, 0.2) is 24.3 Å². The lowest BCUT2D eigenvalue weighted by Crippen LogP contribution is -2.47. The van der Waals surface area contributed by atoms with Crippen molar-refractivity contribution in [2.24, 2.45) is 0 Å². The molecule has 0 aliphatic carbocycles. The maximum atomic E-state index is 12.1. The number of halogens is 1. The summed E-state index contributed by atoms with van der Waals surface area (Å²) in [6, 6.07) is 7.24. The van der Waals surface area contributed by atoms with E-state index in [9.17, 15) is 9.59 Å². The number of hydrogen-bond acceptors (Lipinski definition) is 3. The highest BCUT2D eigenvalue weighted by Crippen LogP contribution is 2.17. The molecule has 0 aromatic heterocycles. The average Bonchev–Trinajstić information content (AvgIpc) is 2.35. The number of carbonyl (C=O) groups is 2. The van der Waals surface area contributed by atoms with Crippen molar-refractivity contribution in [1.82, 2.24) is 15.5 Å². The van der Waals surface area contributed by atoms with Crippen molar-refractivity contribution in [2.75, 3.05) is 20.1 Å². The molecule has 0 heterocycles. The minimum Gasteiger partial charge on any atom is -0.350 e. The van der Waals surface area contributed by atoms with Crippen molar-refractivity contribution < 1.29 is 9.59 Å². The molecule has 1 atom stereocenters. The summed E-state index contributed by atoms with van der Waals surface area (Å²) in [4.78, 5) is 25.6. The molecule has 0 radical (unpaired) electrons. The Hall–Kier alpha value is -1.59. The van der Waals surface area contributed by atoms with Gasteiger partial charge in [0.15, 0.2) is 0 Å². The number of nitrogens with one attached hydrogen (secondary N) is 2. The van der Waals surface area contributed by atoms with Crippen LogP contribution >= 0.6 is 11.6 Å². The van der Waals surface area contributed by atoms with E-state index in [2.05, 4.69) is 10.6 Å². The van der Waals surface area contributed by atoms with Crippen molar-refractivity contribution in [1.29, 1.82) is 0 Å². The van der Waals surface area contributed by atoms with E-state index in [1.807, 2.05) is 45.9 Å². The Labute approximate surface area is 143 Å². The number of carbonyl (C=O) groups excluding carboxylic acids is 2. The molecule has 1 aromatic carbocycles. The second kappa shape index (κ2) is 8.31. The normalized spacial score (nSPS) is 12.8. The number of rotatable bonds is 6. The van der Waals surface area contributed by atoms with Gasteiger partial charge in [0.25, 0.3) is 0 Å². The van der Waals surface area contributed by atoms with Gasteiger partial charge >= 0.3 is 0 Å². The fraction of sp³-hybridized carbons (Fsp3) is 0.529. The molecule has 23 heavy (non-hydrogen) atoms. The average molecular weight is 340 g/mol. The number of benzene rings is 1. The Morgan fingerprint density at radius 1 is 1.22 bits per heavy atom. The Kier molecular flexibility index (Phi) is 7.03. The first-order chi connectivity index (χ1) is 10.6. The molecular formula is C17H26ClN3O2.